The van der Waals surface area contributed by atoms with E-state index in [1.165, 1.54) is 20.0 Å². The Morgan fingerprint density at radius 1 is 1.29 bits per heavy atom. The molecule has 0 aliphatic heterocycles. The van der Waals surface area contributed by atoms with Crippen LogP contribution in [0.15, 0.2) is 0 Å². The van der Waals surface area contributed by atoms with Gasteiger partial charge in [-0.05, 0) is 42.9 Å². The molecule has 0 spiro atoms. The van der Waals surface area contributed by atoms with Crippen LogP contribution >= 0.6 is 0 Å². The molecule has 17 heavy (non-hydrogen) atoms. The quantitative estimate of drug-likeness (QED) is 0.773. The number of rotatable bonds is 3. The first-order valence-electron chi connectivity index (χ1n) is 6.67. The third kappa shape index (κ3) is 4.30. The van der Waals surface area contributed by atoms with Crippen molar-refractivity contribution in [1.29, 1.82) is 0 Å². The molecule has 1 rings (SSSR count). The molecule has 1 aliphatic rings. The number of carbonyl (C=O) groups is 1. The van der Waals surface area contributed by atoms with E-state index in [2.05, 4.69) is 25.5 Å². The highest BCUT2D eigenvalue weighted by atomic mass is 16.5. The van der Waals surface area contributed by atoms with Crippen LogP contribution in [-0.2, 0) is 9.53 Å². The van der Waals surface area contributed by atoms with Gasteiger partial charge in [0.1, 0.15) is 0 Å². The molecule has 1 unspecified atom stereocenters. The summed E-state index contributed by atoms with van der Waals surface area (Å²) in [4.78, 5) is 11.2. The van der Waals surface area contributed by atoms with Gasteiger partial charge in [-0.3, -0.25) is 4.79 Å². The van der Waals surface area contributed by atoms with E-state index in [1.807, 2.05) is 0 Å². The number of carbonyl (C=O) groups excluding carboxylic acids is 1. The zero-order valence-corrected chi connectivity index (χ0v) is 11.7. The lowest BCUT2D eigenvalue weighted by Crippen LogP contribution is -2.37. The second-order valence-corrected chi connectivity index (χ2v) is 6.42. The Labute approximate surface area is 105 Å². The third-order valence-electron chi connectivity index (χ3n) is 4.23. The van der Waals surface area contributed by atoms with Crippen molar-refractivity contribution in [3.05, 3.63) is 0 Å². The van der Waals surface area contributed by atoms with Gasteiger partial charge in [-0.1, -0.05) is 20.8 Å². The molecule has 3 nitrogen and oxygen atoms in total. The molecule has 1 saturated carbocycles. The standard InChI is InChI=1S/C14H27NO2/c1-14(2,3)11-7-5-10(6-8-11)12(15)9-13(16)17-4/h10-12H,5-9,15H2,1-4H3. The molecule has 2 N–H and O–H groups in total. The summed E-state index contributed by atoms with van der Waals surface area (Å²) < 4.78 is 4.67. The Morgan fingerprint density at radius 3 is 2.24 bits per heavy atom. The highest BCUT2D eigenvalue weighted by Gasteiger charge is 2.32. The molecule has 0 radical (unpaired) electrons. The number of hydrogen-bond acceptors (Lipinski definition) is 3. The predicted molar refractivity (Wildman–Crippen MR) is 69.5 cm³/mol. The summed E-state index contributed by atoms with van der Waals surface area (Å²) >= 11 is 0. The van der Waals surface area contributed by atoms with Crippen molar-refractivity contribution in [3.63, 3.8) is 0 Å². The minimum absolute atomic E-state index is 0.0247. The zero-order chi connectivity index (χ0) is 13.1. The van der Waals surface area contributed by atoms with Crippen LogP contribution in [-0.4, -0.2) is 19.1 Å². The van der Waals surface area contributed by atoms with Crippen LogP contribution in [0.4, 0.5) is 0 Å². The van der Waals surface area contributed by atoms with E-state index in [1.54, 1.807) is 0 Å². The smallest absolute Gasteiger partial charge is 0.307 e. The van der Waals surface area contributed by atoms with Gasteiger partial charge in [0.25, 0.3) is 0 Å². The van der Waals surface area contributed by atoms with Crippen molar-refractivity contribution in [2.45, 2.75) is 58.9 Å². The average Bonchev–Trinajstić information content (AvgIpc) is 2.27. The topological polar surface area (TPSA) is 52.3 Å². The minimum atomic E-state index is -0.185. The summed E-state index contributed by atoms with van der Waals surface area (Å²) in [7, 11) is 1.42. The van der Waals surface area contributed by atoms with Crippen molar-refractivity contribution in [2.75, 3.05) is 7.11 Å². The molecule has 0 aromatic heterocycles. The molecular weight excluding hydrogens is 214 g/mol. The third-order valence-corrected chi connectivity index (χ3v) is 4.23. The molecule has 0 aromatic rings. The van der Waals surface area contributed by atoms with Gasteiger partial charge in [-0.2, -0.15) is 0 Å². The summed E-state index contributed by atoms with van der Waals surface area (Å²) in [6.45, 7) is 6.94. The maximum absolute atomic E-state index is 11.2. The van der Waals surface area contributed by atoms with E-state index >= 15 is 0 Å². The highest BCUT2D eigenvalue weighted by Crippen LogP contribution is 2.40. The summed E-state index contributed by atoms with van der Waals surface area (Å²) in [5.41, 5.74) is 6.48. The lowest BCUT2D eigenvalue weighted by molar-refractivity contribution is -0.141. The Bertz CT molecular complexity index is 249. The van der Waals surface area contributed by atoms with Crippen LogP contribution in [0.2, 0.25) is 0 Å². The number of nitrogens with two attached hydrogens (primary N) is 1. The van der Waals surface area contributed by atoms with Crippen molar-refractivity contribution in [3.8, 4) is 0 Å². The lowest BCUT2D eigenvalue weighted by Gasteiger charge is -2.38. The number of esters is 1. The summed E-state index contributed by atoms with van der Waals surface area (Å²) in [6, 6.07) is -0.0247. The molecule has 100 valence electrons. The van der Waals surface area contributed by atoms with Gasteiger partial charge >= 0.3 is 5.97 Å². The Morgan fingerprint density at radius 2 is 1.82 bits per heavy atom. The summed E-state index contributed by atoms with van der Waals surface area (Å²) in [5.74, 6) is 1.10. The summed E-state index contributed by atoms with van der Waals surface area (Å²) in [6.07, 6.45) is 5.15. The average molecular weight is 241 g/mol. The normalized spacial score (nSPS) is 27.6. The van der Waals surface area contributed by atoms with Crippen molar-refractivity contribution in [2.24, 2.45) is 23.0 Å². The SMILES string of the molecule is COC(=O)CC(N)C1CCC(C(C)(C)C)CC1. The first-order valence-corrected chi connectivity index (χ1v) is 6.67. The fourth-order valence-electron chi connectivity index (χ4n) is 2.86. The Balaban J connectivity index is 2.39. The molecule has 3 heteroatoms. The molecule has 1 atom stereocenters. The molecule has 0 bridgehead atoms. The second-order valence-electron chi connectivity index (χ2n) is 6.42. The van der Waals surface area contributed by atoms with Gasteiger partial charge in [0.15, 0.2) is 0 Å². The van der Waals surface area contributed by atoms with Crippen molar-refractivity contribution in [1.82, 2.24) is 0 Å². The largest absolute Gasteiger partial charge is 0.469 e. The number of methoxy groups -OCH3 is 1. The van der Waals surface area contributed by atoms with Crippen LogP contribution in [0.25, 0.3) is 0 Å². The fourth-order valence-corrected chi connectivity index (χ4v) is 2.86. The van der Waals surface area contributed by atoms with Crippen LogP contribution in [0, 0.1) is 17.3 Å². The van der Waals surface area contributed by atoms with Crippen molar-refractivity contribution >= 4 is 5.97 Å². The highest BCUT2D eigenvalue weighted by molar-refractivity contribution is 5.69. The molecular formula is C14H27NO2. The van der Waals surface area contributed by atoms with Crippen molar-refractivity contribution < 1.29 is 9.53 Å². The number of hydrogen-bond donors (Lipinski definition) is 1. The van der Waals surface area contributed by atoms with E-state index in [9.17, 15) is 4.79 Å². The fraction of sp³-hybridized carbons (Fsp3) is 0.929. The van der Waals surface area contributed by atoms with Crippen LogP contribution < -0.4 is 5.73 Å². The van der Waals surface area contributed by atoms with E-state index < -0.39 is 0 Å². The van der Waals surface area contributed by atoms with Crippen LogP contribution in [0.5, 0.6) is 0 Å². The van der Waals surface area contributed by atoms with Gasteiger partial charge in [-0.15, -0.1) is 0 Å². The minimum Gasteiger partial charge on any atom is -0.469 e. The first kappa shape index (κ1) is 14.5. The maximum atomic E-state index is 11.2. The number of ether oxygens (including phenoxy) is 1. The van der Waals surface area contributed by atoms with Gasteiger partial charge in [0.05, 0.1) is 13.5 Å². The molecule has 1 aliphatic carbocycles. The predicted octanol–water partition coefficient (Wildman–Crippen LogP) is 2.73. The zero-order valence-electron chi connectivity index (χ0n) is 11.7. The van der Waals surface area contributed by atoms with Gasteiger partial charge in [0.2, 0.25) is 0 Å². The Hall–Kier alpha value is -0.570. The second kappa shape index (κ2) is 5.85. The van der Waals surface area contributed by atoms with Gasteiger partial charge < -0.3 is 10.5 Å². The molecule has 0 aromatic carbocycles. The summed E-state index contributed by atoms with van der Waals surface area (Å²) in [5, 5.41) is 0. The van der Waals surface area contributed by atoms with Gasteiger partial charge in [0, 0.05) is 6.04 Å². The van der Waals surface area contributed by atoms with E-state index in [-0.39, 0.29) is 12.0 Å². The first-order chi connectivity index (χ1) is 7.84. The Kier molecular flexibility index (Phi) is 4.99. The van der Waals surface area contributed by atoms with Crippen LogP contribution in [0.1, 0.15) is 52.9 Å². The molecule has 0 amide bonds. The van der Waals surface area contributed by atoms with E-state index in [0.717, 1.165) is 18.8 Å². The lowest BCUT2D eigenvalue weighted by atomic mass is 9.68. The molecule has 1 fully saturated rings. The van der Waals surface area contributed by atoms with E-state index in [4.69, 9.17) is 5.73 Å². The molecule has 0 saturated heterocycles. The maximum Gasteiger partial charge on any atom is 0.307 e. The van der Waals surface area contributed by atoms with Gasteiger partial charge in [-0.25, -0.2) is 0 Å². The molecule has 0 heterocycles. The monoisotopic (exact) mass is 241 g/mol. The van der Waals surface area contributed by atoms with E-state index in [0.29, 0.717) is 17.8 Å². The van der Waals surface area contributed by atoms with Crippen LogP contribution in [0.3, 0.4) is 0 Å².